The van der Waals surface area contributed by atoms with E-state index in [9.17, 15) is 9.18 Å². The highest BCUT2D eigenvalue weighted by Gasteiger charge is 2.16. The Morgan fingerprint density at radius 1 is 1.21 bits per heavy atom. The zero-order valence-electron chi connectivity index (χ0n) is 10.9. The van der Waals surface area contributed by atoms with Crippen LogP contribution in [0.2, 0.25) is 0 Å². The van der Waals surface area contributed by atoms with E-state index in [-0.39, 0.29) is 17.2 Å². The zero-order valence-corrected chi connectivity index (χ0v) is 10.9. The van der Waals surface area contributed by atoms with Crippen molar-refractivity contribution in [3.8, 4) is 0 Å². The van der Waals surface area contributed by atoms with Gasteiger partial charge in [-0.1, -0.05) is 18.2 Å². The molecule has 2 rings (SSSR count). The van der Waals surface area contributed by atoms with Gasteiger partial charge in [0, 0.05) is 29.5 Å². The van der Waals surface area contributed by atoms with Gasteiger partial charge in [0.1, 0.15) is 5.82 Å². The van der Waals surface area contributed by atoms with Gasteiger partial charge in [0.2, 0.25) is 0 Å². The molecule has 0 saturated carbocycles. The van der Waals surface area contributed by atoms with Crippen molar-refractivity contribution in [3.63, 3.8) is 0 Å². The number of halogens is 1. The minimum atomic E-state index is -0.468. The number of anilines is 2. The summed E-state index contributed by atoms with van der Waals surface area (Å²) in [5.41, 5.74) is 7.31. The van der Waals surface area contributed by atoms with Crippen LogP contribution in [0.25, 0.3) is 0 Å². The summed E-state index contributed by atoms with van der Waals surface area (Å²) in [4.78, 5) is 13.7. The molecule has 0 unspecified atom stereocenters. The molecule has 3 nitrogen and oxygen atoms in total. The third-order valence-electron chi connectivity index (χ3n) is 3.08. The molecule has 0 aromatic heterocycles. The number of nitrogens with zero attached hydrogens (tertiary/aromatic N) is 1. The van der Waals surface area contributed by atoms with Crippen molar-refractivity contribution >= 4 is 17.3 Å². The van der Waals surface area contributed by atoms with E-state index in [1.165, 1.54) is 17.0 Å². The fourth-order valence-corrected chi connectivity index (χ4v) is 1.79. The van der Waals surface area contributed by atoms with Crippen LogP contribution >= 0.6 is 0 Å². The fraction of sp³-hybridized carbons (Fsp3) is 0.133. The van der Waals surface area contributed by atoms with E-state index >= 15 is 0 Å². The van der Waals surface area contributed by atoms with E-state index in [4.69, 9.17) is 5.73 Å². The maximum atomic E-state index is 13.6. The van der Waals surface area contributed by atoms with Gasteiger partial charge in [0.05, 0.1) is 0 Å². The monoisotopic (exact) mass is 258 g/mol. The number of carbonyl (C=O) groups excluding carboxylic acids is 1. The van der Waals surface area contributed by atoms with Crippen molar-refractivity contribution in [2.24, 2.45) is 0 Å². The maximum Gasteiger partial charge on any atom is 0.258 e. The first-order valence-corrected chi connectivity index (χ1v) is 5.89. The summed E-state index contributed by atoms with van der Waals surface area (Å²) in [6.45, 7) is 1.58. The largest absolute Gasteiger partial charge is 0.398 e. The third-order valence-corrected chi connectivity index (χ3v) is 3.08. The molecular weight excluding hydrogens is 243 g/mol. The van der Waals surface area contributed by atoms with Crippen LogP contribution < -0.4 is 10.6 Å². The Hall–Kier alpha value is -2.36. The first kappa shape index (κ1) is 13.1. The Balaban J connectivity index is 2.35. The number of para-hydroxylation sites is 1. The van der Waals surface area contributed by atoms with Gasteiger partial charge in [-0.15, -0.1) is 0 Å². The number of benzene rings is 2. The van der Waals surface area contributed by atoms with Crippen LogP contribution in [0.4, 0.5) is 15.8 Å². The molecule has 19 heavy (non-hydrogen) atoms. The van der Waals surface area contributed by atoms with E-state index < -0.39 is 5.82 Å². The Morgan fingerprint density at radius 3 is 2.42 bits per heavy atom. The lowest BCUT2D eigenvalue weighted by molar-refractivity contribution is 0.0992. The van der Waals surface area contributed by atoms with E-state index in [0.717, 1.165) is 5.69 Å². The second-order valence-corrected chi connectivity index (χ2v) is 4.37. The lowest BCUT2D eigenvalue weighted by Gasteiger charge is -2.18. The molecule has 0 aliphatic heterocycles. The van der Waals surface area contributed by atoms with E-state index in [2.05, 4.69) is 0 Å². The van der Waals surface area contributed by atoms with Crippen molar-refractivity contribution in [1.29, 1.82) is 0 Å². The van der Waals surface area contributed by atoms with Gasteiger partial charge in [-0.25, -0.2) is 4.39 Å². The number of amides is 1. The van der Waals surface area contributed by atoms with Crippen molar-refractivity contribution < 1.29 is 9.18 Å². The molecular formula is C15H15FN2O. The van der Waals surface area contributed by atoms with Crippen molar-refractivity contribution in [1.82, 2.24) is 0 Å². The highest BCUT2D eigenvalue weighted by atomic mass is 19.1. The summed E-state index contributed by atoms with van der Waals surface area (Å²) < 4.78 is 13.6. The molecule has 4 heteroatoms. The molecule has 0 spiro atoms. The molecule has 2 aromatic carbocycles. The molecule has 0 atom stereocenters. The average molecular weight is 258 g/mol. The van der Waals surface area contributed by atoms with Crippen LogP contribution in [-0.4, -0.2) is 13.0 Å². The van der Waals surface area contributed by atoms with Crippen molar-refractivity contribution in [2.75, 3.05) is 17.7 Å². The quantitative estimate of drug-likeness (QED) is 0.842. The van der Waals surface area contributed by atoms with Gasteiger partial charge in [-0.3, -0.25) is 4.79 Å². The molecule has 0 saturated heterocycles. The van der Waals surface area contributed by atoms with Gasteiger partial charge >= 0.3 is 0 Å². The molecule has 1 amide bonds. The second kappa shape index (κ2) is 5.10. The first-order valence-electron chi connectivity index (χ1n) is 5.89. The van der Waals surface area contributed by atoms with Crippen molar-refractivity contribution in [2.45, 2.75) is 6.92 Å². The van der Waals surface area contributed by atoms with Crippen LogP contribution in [-0.2, 0) is 0 Å². The van der Waals surface area contributed by atoms with E-state index in [1.807, 2.05) is 30.3 Å². The van der Waals surface area contributed by atoms with Crippen LogP contribution in [0.15, 0.2) is 42.5 Å². The molecule has 0 fully saturated rings. The van der Waals surface area contributed by atoms with Crippen molar-refractivity contribution in [3.05, 3.63) is 59.4 Å². The SMILES string of the molecule is Cc1c(N)cc(C(=O)N(C)c2ccccc2)cc1F. The molecule has 0 heterocycles. The van der Waals surface area contributed by atoms with E-state index in [0.29, 0.717) is 5.56 Å². The molecule has 2 aromatic rings. The van der Waals surface area contributed by atoms with Crippen LogP contribution in [0.3, 0.4) is 0 Å². The number of hydrogen-bond acceptors (Lipinski definition) is 2. The number of nitrogen functional groups attached to an aromatic ring is 1. The topological polar surface area (TPSA) is 46.3 Å². The predicted octanol–water partition coefficient (Wildman–Crippen LogP) is 2.99. The number of rotatable bonds is 2. The predicted molar refractivity (Wildman–Crippen MR) is 74.7 cm³/mol. The minimum Gasteiger partial charge on any atom is -0.398 e. The van der Waals surface area contributed by atoms with Gasteiger partial charge < -0.3 is 10.6 Å². The molecule has 98 valence electrons. The number of hydrogen-bond donors (Lipinski definition) is 1. The van der Waals surface area contributed by atoms with Gasteiger partial charge in [-0.2, -0.15) is 0 Å². The summed E-state index contributed by atoms with van der Waals surface area (Å²) in [7, 11) is 1.64. The smallest absolute Gasteiger partial charge is 0.258 e. The number of nitrogens with two attached hydrogens (primary N) is 1. The summed E-state index contributed by atoms with van der Waals surface area (Å²) in [5.74, 6) is -0.762. The van der Waals surface area contributed by atoms with Crippen LogP contribution in [0.5, 0.6) is 0 Å². The molecule has 0 aliphatic rings. The highest BCUT2D eigenvalue weighted by Crippen LogP contribution is 2.20. The zero-order chi connectivity index (χ0) is 14.0. The minimum absolute atomic E-state index is 0.243. The lowest BCUT2D eigenvalue weighted by atomic mass is 10.1. The summed E-state index contributed by atoms with van der Waals surface area (Å²) in [6, 6.07) is 11.9. The molecule has 0 radical (unpaired) electrons. The van der Waals surface area contributed by atoms with Crippen LogP contribution in [0, 0.1) is 12.7 Å². The molecule has 0 aliphatic carbocycles. The second-order valence-electron chi connectivity index (χ2n) is 4.37. The highest BCUT2D eigenvalue weighted by molar-refractivity contribution is 6.06. The van der Waals surface area contributed by atoms with Gasteiger partial charge in [0.25, 0.3) is 5.91 Å². The maximum absolute atomic E-state index is 13.6. The summed E-state index contributed by atoms with van der Waals surface area (Å²) >= 11 is 0. The first-order chi connectivity index (χ1) is 9.00. The normalized spacial score (nSPS) is 10.3. The molecule has 0 bridgehead atoms. The average Bonchev–Trinajstić information content (AvgIpc) is 2.43. The van der Waals surface area contributed by atoms with Gasteiger partial charge in [-0.05, 0) is 31.2 Å². The third kappa shape index (κ3) is 2.57. The summed E-state index contributed by atoms with van der Waals surface area (Å²) in [6.07, 6.45) is 0. The lowest BCUT2D eigenvalue weighted by Crippen LogP contribution is -2.26. The van der Waals surface area contributed by atoms with Crippen LogP contribution in [0.1, 0.15) is 15.9 Å². The van der Waals surface area contributed by atoms with Gasteiger partial charge in [0.15, 0.2) is 0 Å². The Kier molecular flexibility index (Phi) is 3.51. The number of carbonyl (C=O) groups is 1. The van der Waals surface area contributed by atoms with E-state index in [1.54, 1.807) is 14.0 Å². The summed E-state index contributed by atoms with van der Waals surface area (Å²) in [5, 5.41) is 0. The Labute approximate surface area is 111 Å². The standard InChI is InChI=1S/C15H15FN2O/c1-10-13(16)8-11(9-14(10)17)15(19)18(2)12-6-4-3-5-7-12/h3-9H,17H2,1-2H3. The fourth-order valence-electron chi connectivity index (χ4n) is 1.79. The molecule has 2 N–H and O–H groups in total. The Morgan fingerprint density at radius 2 is 1.84 bits per heavy atom. The Bertz CT molecular complexity index is 588.